The van der Waals surface area contributed by atoms with Gasteiger partial charge < -0.3 is 5.73 Å². The third kappa shape index (κ3) is 3.01. The average Bonchev–Trinajstić information content (AvgIpc) is 2.84. The van der Waals surface area contributed by atoms with E-state index in [2.05, 4.69) is 11.8 Å². The second kappa shape index (κ2) is 5.92. The van der Waals surface area contributed by atoms with E-state index < -0.39 is 15.8 Å². The van der Waals surface area contributed by atoms with Crippen molar-refractivity contribution in [3.63, 3.8) is 0 Å². The van der Waals surface area contributed by atoms with Gasteiger partial charge in [-0.15, -0.1) is 0 Å². The van der Waals surface area contributed by atoms with Gasteiger partial charge in [-0.05, 0) is 30.5 Å². The number of benzene rings is 1. The van der Waals surface area contributed by atoms with Crippen molar-refractivity contribution in [1.29, 1.82) is 0 Å². The van der Waals surface area contributed by atoms with E-state index in [1.54, 1.807) is 0 Å². The molecule has 1 unspecified atom stereocenters. The van der Waals surface area contributed by atoms with Crippen LogP contribution in [0.25, 0.3) is 0 Å². The van der Waals surface area contributed by atoms with Crippen LogP contribution < -0.4 is 5.73 Å². The normalized spacial score (nSPS) is 19.6. The van der Waals surface area contributed by atoms with Crippen LogP contribution >= 0.6 is 0 Å². The molecule has 1 aliphatic heterocycles. The van der Waals surface area contributed by atoms with Crippen molar-refractivity contribution < 1.29 is 12.8 Å². The van der Waals surface area contributed by atoms with Gasteiger partial charge in [0.25, 0.3) is 0 Å². The lowest BCUT2D eigenvalue weighted by Crippen LogP contribution is -2.28. The molecule has 1 heterocycles. The highest BCUT2D eigenvalue weighted by Gasteiger charge is 2.30. The Kier molecular flexibility index (Phi) is 4.43. The van der Waals surface area contributed by atoms with Crippen LogP contribution in [0.3, 0.4) is 0 Å². The molecule has 0 aliphatic carbocycles. The number of sulfonamides is 1. The molecule has 2 N–H and O–H groups in total. The van der Waals surface area contributed by atoms with Gasteiger partial charge in [0.05, 0.1) is 17.0 Å². The summed E-state index contributed by atoms with van der Waals surface area (Å²) in [6.07, 6.45) is 0.835. The van der Waals surface area contributed by atoms with Crippen LogP contribution in [0.5, 0.6) is 0 Å². The first-order valence-corrected chi connectivity index (χ1v) is 7.88. The number of hydrogen-bond donors (Lipinski definition) is 1. The Morgan fingerprint density at radius 3 is 2.80 bits per heavy atom. The molecular weight excluding hydrogens is 279 g/mol. The quantitative estimate of drug-likeness (QED) is 0.833. The van der Waals surface area contributed by atoms with Gasteiger partial charge in [0.1, 0.15) is 5.82 Å². The maximum absolute atomic E-state index is 13.8. The Labute approximate surface area is 118 Å². The lowest BCUT2D eigenvalue weighted by atomic mass is 10.2. The molecule has 6 heteroatoms. The van der Waals surface area contributed by atoms with Crippen LogP contribution in [0.2, 0.25) is 0 Å². The summed E-state index contributed by atoms with van der Waals surface area (Å²) in [5.41, 5.74) is 5.38. The van der Waals surface area contributed by atoms with Crippen LogP contribution in [0.15, 0.2) is 23.1 Å². The molecule has 1 aromatic rings. The first-order chi connectivity index (χ1) is 9.45. The summed E-state index contributed by atoms with van der Waals surface area (Å²) in [6.45, 7) is 3.10. The van der Waals surface area contributed by atoms with E-state index in [0.717, 1.165) is 12.5 Å². The fraction of sp³-hybridized carbons (Fsp3) is 0.429. The number of halogens is 1. The van der Waals surface area contributed by atoms with Gasteiger partial charge in [-0.3, -0.25) is 0 Å². The minimum absolute atomic E-state index is 0.0256. The molecule has 1 atom stereocenters. The molecule has 0 spiro atoms. The maximum Gasteiger partial charge on any atom is 0.243 e. The molecule has 0 saturated carbocycles. The fourth-order valence-electron chi connectivity index (χ4n) is 2.17. The van der Waals surface area contributed by atoms with E-state index in [0.29, 0.717) is 19.0 Å². The van der Waals surface area contributed by atoms with Crippen LogP contribution in [-0.2, 0) is 10.0 Å². The standard InChI is InChI=1S/C14H17FN2O2S/c1-11-6-8-17(10-11)20(18,19)13-5-4-12(3-2-7-16)14(15)9-13/h4-5,9,11H,6-8,10,16H2,1H3. The molecule has 1 saturated heterocycles. The van der Waals surface area contributed by atoms with Crippen LogP contribution in [0, 0.1) is 23.6 Å². The zero-order valence-corrected chi connectivity index (χ0v) is 12.1. The number of nitrogens with zero attached hydrogens (tertiary/aromatic N) is 1. The topological polar surface area (TPSA) is 63.4 Å². The molecule has 20 heavy (non-hydrogen) atoms. The van der Waals surface area contributed by atoms with Gasteiger partial charge in [0.15, 0.2) is 0 Å². The van der Waals surface area contributed by atoms with Gasteiger partial charge in [-0.25, -0.2) is 12.8 Å². The lowest BCUT2D eigenvalue weighted by molar-refractivity contribution is 0.463. The third-order valence-electron chi connectivity index (χ3n) is 3.29. The third-order valence-corrected chi connectivity index (χ3v) is 5.15. The monoisotopic (exact) mass is 296 g/mol. The van der Waals surface area contributed by atoms with E-state index in [1.807, 2.05) is 6.92 Å². The van der Waals surface area contributed by atoms with Gasteiger partial charge in [0, 0.05) is 13.1 Å². The van der Waals surface area contributed by atoms with Crippen molar-refractivity contribution in [2.75, 3.05) is 19.6 Å². The number of rotatable bonds is 2. The van der Waals surface area contributed by atoms with E-state index in [9.17, 15) is 12.8 Å². The Bertz CT molecular complexity index is 661. The van der Waals surface area contributed by atoms with E-state index >= 15 is 0 Å². The average molecular weight is 296 g/mol. The minimum atomic E-state index is -3.61. The molecular formula is C14H17FN2O2S. The van der Waals surface area contributed by atoms with Crippen molar-refractivity contribution in [3.05, 3.63) is 29.6 Å². The van der Waals surface area contributed by atoms with Gasteiger partial charge in [-0.1, -0.05) is 18.8 Å². The molecule has 2 rings (SSSR count). The number of hydrogen-bond acceptors (Lipinski definition) is 3. The SMILES string of the molecule is CC1CCN(S(=O)(=O)c2ccc(C#CCN)c(F)c2)C1. The predicted molar refractivity (Wildman–Crippen MR) is 74.9 cm³/mol. The Morgan fingerprint density at radius 2 is 2.25 bits per heavy atom. The van der Waals surface area contributed by atoms with Crippen LogP contribution in [0.4, 0.5) is 4.39 Å². The molecule has 0 bridgehead atoms. The van der Waals surface area contributed by atoms with Gasteiger partial charge in [-0.2, -0.15) is 4.31 Å². The summed E-state index contributed by atoms with van der Waals surface area (Å²) in [4.78, 5) is -0.0256. The van der Waals surface area contributed by atoms with Crippen LogP contribution in [-0.4, -0.2) is 32.4 Å². The maximum atomic E-state index is 13.8. The fourth-order valence-corrected chi connectivity index (χ4v) is 3.75. The zero-order valence-electron chi connectivity index (χ0n) is 11.3. The van der Waals surface area contributed by atoms with E-state index in [4.69, 9.17) is 5.73 Å². The molecule has 0 amide bonds. The van der Waals surface area contributed by atoms with Crippen molar-refractivity contribution >= 4 is 10.0 Å². The molecule has 1 aliphatic rings. The summed E-state index contributed by atoms with van der Waals surface area (Å²) in [5, 5.41) is 0. The zero-order chi connectivity index (χ0) is 14.8. The van der Waals surface area contributed by atoms with E-state index in [-0.39, 0.29) is 17.0 Å². The van der Waals surface area contributed by atoms with Crippen molar-refractivity contribution in [3.8, 4) is 11.8 Å². The molecule has 0 aromatic heterocycles. The molecule has 1 aromatic carbocycles. The first kappa shape index (κ1) is 15.0. The number of nitrogens with two attached hydrogens (primary N) is 1. The molecule has 1 fully saturated rings. The van der Waals surface area contributed by atoms with Crippen molar-refractivity contribution in [2.24, 2.45) is 11.7 Å². The van der Waals surface area contributed by atoms with Gasteiger partial charge in [0.2, 0.25) is 10.0 Å². The van der Waals surface area contributed by atoms with Crippen molar-refractivity contribution in [1.82, 2.24) is 4.31 Å². The molecule has 108 valence electrons. The molecule has 4 nitrogen and oxygen atoms in total. The Hall–Kier alpha value is -1.42. The Morgan fingerprint density at radius 1 is 1.50 bits per heavy atom. The molecule has 0 radical (unpaired) electrons. The minimum Gasteiger partial charge on any atom is -0.320 e. The summed E-state index contributed by atoms with van der Waals surface area (Å²) in [7, 11) is -3.61. The highest BCUT2D eigenvalue weighted by molar-refractivity contribution is 7.89. The smallest absolute Gasteiger partial charge is 0.243 e. The Balaban J connectivity index is 2.31. The summed E-state index contributed by atoms with van der Waals surface area (Å²) < 4.78 is 40.0. The van der Waals surface area contributed by atoms with Crippen LogP contribution in [0.1, 0.15) is 18.9 Å². The predicted octanol–water partition coefficient (Wildman–Crippen LogP) is 1.17. The summed E-state index contributed by atoms with van der Waals surface area (Å²) in [5.74, 6) is 4.81. The highest BCUT2D eigenvalue weighted by atomic mass is 32.2. The highest BCUT2D eigenvalue weighted by Crippen LogP contribution is 2.24. The largest absolute Gasteiger partial charge is 0.320 e. The summed E-state index contributed by atoms with van der Waals surface area (Å²) in [6, 6.07) is 3.80. The first-order valence-electron chi connectivity index (χ1n) is 6.44. The van der Waals surface area contributed by atoms with Gasteiger partial charge >= 0.3 is 0 Å². The second-order valence-electron chi connectivity index (χ2n) is 4.90. The van der Waals surface area contributed by atoms with E-state index in [1.165, 1.54) is 16.4 Å². The summed E-state index contributed by atoms with van der Waals surface area (Å²) >= 11 is 0. The van der Waals surface area contributed by atoms with Crippen molar-refractivity contribution in [2.45, 2.75) is 18.2 Å². The lowest BCUT2D eigenvalue weighted by Gasteiger charge is -2.16. The second-order valence-corrected chi connectivity index (χ2v) is 6.84.